The molecule has 20 heavy (non-hydrogen) atoms. The fraction of sp³-hybridized carbons (Fsp3) is 0.500. The number of carbonyl (C=O) groups is 1. The molecule has 1 aromatic carbocycles. The number of halogens is 2. The van der Waals surface area contributed by atoms with Gasteiger partial charge in [-0.2, -0.15) is 0 Å². The van der Waals surface area contributed by atoms with E-state index in [2.05, 4.69) is 0 Å². The zero-order valence-electron chi connectivity index (χ0n) is 11.1. The van der Waals surface area contributed by atoms with Crippen LogP contribution in [0.15, 0.2) is 24.3 Å². The molecule has 0 aromatic heterocycles. The lowest BCUT2D eigenvalue weighted by Gasteiger charge is -2.20. The second-order valence-electron chi connectivity index (χ2n) is 4.69. The van der Waals surface area contributed by atoms with Gasteiger partial charge >= 0.3 is 5.97 Å². The molecule has 1 N–H and O–H groups in total. The number of carboxylic acids is 1. The molecule has 0 aliphatic carbocycles. The van der Waals surface area contributed by atoms with Crippen molar-refractivity contribution in [2.24, 2.45) is 0 Å². The number of carboxylic acid groups (broad SMARTS) is 1. The van der Waals surface area contributed by atoms with E-state index < -0.39 is 5.97 Å². The topological polar surface area (TPSA) is 49.8 Å². The largest absolute Gasteiger partial charge is 0.493 e. The average Bonchev–Trinajstić information content (AvgIpc) is 2.83. The summed E-state index contributed by atoms with van der Waals surface area (Å²) >= 11 is 5.86. The molecule has 6 heteroatoms. The van der Waals surface area contributed by atoms with Crippen molar-refractivity contribution in [2.75, 3.05) is 19.7 Å². The first kappa shape index (κ1) is 17.1. The van der Waals surface area contributed by atoms with E-state index in [1.165, 1.54) is 0 Å². The summed E-state index contributed by atoms with van der Waals surface area (Å²) in [6, 6.07) is 6.97. The number of ether oxygens (including phenoxy) is 1. The highest BCUT2D eigenvalue weighted by molar-refractivity contribution is 6.30. The summed E-state index contributed by atoms with van der Waals surface area (Å²) in [5.74, 6) is 0.0389. The molecule has 2 rings (SSSR count). The van der Waals surface area contributed by atoms with Crippen molar-refractivity contribution in [3.8, 4) is 5.75 Å². The van der Waals surface area contributed by atoms with Gasteiger partial charge in [-0.05, 0) is 44.0 Å². The number of hydrogen-bond acceptors (Lipinski definition) is 3. The summed E-state index contributed by atoms with van der Waals surface area (Å²) in [6.07, 6.45) is 2.53. The Morgan fingerprint density at radius 2 is 2.30 bits per heavy atom. The molecule has 112 valence electrons. The SMILES string of the molecule is Cl.O=C(O)[C@H]1CCCN1CCCOc1cccc(Cl)c1. The predicted molar refractivity (Wildman–Crippen MR) is 81.0 cm³/mol. The van der Waals surface area contributed by atoms with Gasteiger partial charge in [0.25, 0.3) is 0 Å². The fourth-order valence-corrected chi connectivity index (χ4v) is 2.57. The van der Waals surface area contributed by atoms with Gasteiger partial charge in [0.1, 0.15) is 11.8 Å². The van der Waals surface area contributed by atoms with E-state index in [9.17, 15) is 4.79 Å². The van der Waals surface area contributed by atoms with Crippen LogP contribution in [0.5, 0.6) is 5.75 Å². The summed E-state index contributed by atoms with van der Waals surface area (Å²) < 4.78 is 5.58. The van der Waals surface area contributed by atoms with Crippen LogP contribution in [-0.4, -0.2) is 41.7 Å². The van der Waals surface area contributed by atoms with Crippen LogP contribution in [0.4, 0.5) is 0 Å². The second-order valence-corrected chi connectivity index (χ2v) is 5.13. The third-order valence-electron chi connectivity index (χ3n) is 3.30. The van der Waals surface area contributed by atoms with Gasteiger partial charge < -0.3 is 9.84 Å². The van der Waals surface area contributed by atoms with Gasteiger partial charge in [0.05, 0.1) is 6.61 Å². The van der Waals surface area contributed by atoms with Crippen LogP contribution >= 0.6 is 24.0 Å². The fourth-order valence-electron chi connectivity index (χ4n) is 2.39. The minimum atomic E-state index is -0.715. The van der Waals surface area contributed by atoms with Crippen molar-refractivity contribution in [3.05, 3.63) is 29.3 Å². The van der Waals surface area contributed by atoms with Crippen molar-refractivity contribution in [1.82, 2.24) is 4.90 Å². The molecule has 1 aliphatic rings. The summed E-state index contributed by atoms with van der Waals surface area (Å²) in [5.41, 5.74) is 0. The molecule has 1 aliphatic heterocycles. The van der Waals surface area contributed by atoms with E-state index in [0.717, 1.165) is 38.1 Å². The minimum Gasteiger partial charge on any atom is -0.493 e. The second kappa shape index (κ2) is 8.35. The molecule has 1 heterocycles. The molecule has 1 fully saturated rings. The van der Waals surface area contributed by atoms with Crippen LogP contribution in [0, 0.1) is 0 Å². The van der Waals surface area contributed by atoms with Gasteiger partial charge in [-0.1, -0.05) is 17.7 Å². The maximum absolute atomic E-state index is 11.0. The summed E-state index contributed by atoms with van der Waals surface area (Å²) in [7, 11) is 0. The average molecular weight is 320 g/mol. The first-order valence-electron chi connectivity index (χ1n) is 6.52. The van der Waals surface area contributed by atoms with E-state index in [0.29, 0.717) is 11.6 Å². The Bertz CT molecular complexity index is 442. The van der Waals surface area contributed by atoms with E-state index >= 15 is 0 Å². The first-order chi connectivity index (χ1) is 9.16. The van der Waals surface area contributed by atoms with Crippen LogP contribution < -0.4 is 4.74 Å². The Morgan fingerprint density at radius 3 is 3.00 bits per heavy atom. The first-order valence-corrected chi connectivity index (χ1v) is 6.90. The standard InChI is InChI=1S/C14H18ClNO3.ClH/c15-11-4-1-5-12(10-11)19-9-3-8-16-7-2-6-13(16)14(17)18;/h1,4-5,10,13H,2-3,6-9H2,(H,17,18);1H/t13-;/m1./s1. The maximum Gasteiger partial charge on any atom is 0.320 e. The third-order valence-corrected chi connectivity index (χ3v) is 3.54. The Hall–Kier alpha value is -0.970. The van der Waals surface area contributed by atoms with E-state index in [4.69, 9.17) is 21.4 Å². The van der Waals surface area contributed by atoms with Crippen molar-refractivity contribution in [2.45, 2.75) is 25.3 Å². The van der Waals surface area contributed by atoms with E-state index in [1.807, 2.05) is 17.0 Å². The highest BCUT2D eigenvalue weighted by Crippen LogP contribution is 2.19. The minimum absolute atomic E-state index is 0. The molecular formula is C14H19Cl2NO3. The van der Waals surface area contributed by atoms with Gasteiger partial charge in [-0.15, -0.1) is 12.4 Å². The Labute approximate surface area is 130 Å². The lowest BCUT2D eigenvalue weighted by molar-refractivity contribution is -0.142. The van der Waals surface area contributed by atoms with E-state index in [1.54, 1.807) is 12.1 Å². The zero-order chi connectivity index (χ0) is 13.7. The van der Waals surface area contributed by atoms with Crippen molar-refractivity contribution >= 4 is 30.0 Å². The van der Waals surface area contributed by atoms with Crippen molar-refractivity contribution < 1.29 is 14.6 Å². The molecule has 1 aromatic rings. The van der Waals surface area contributed by atoms with Gasteiger partial charge in [-0.3, -0.25) is 9.69 Å². The van der Waals surface area contributed by atoms with E-state index in [-0.39, 0.29) is 18.4 Å². The summed E-state index contributed by atoms with van der Waals surface area (Å²) in [4.78, 5) is 13.0. The van der Waals surface area contributed by atoms with Crippen LogP contribution in [0.25, 0.3) is 0 Å². The number of benzene rings is 1. The third kappa shape index (κ3) is 4.85. The number of nitrogens with zero attached hydrogens (tertiary/aromatic N) is 1. The number of rotatable bonds is 6. The van der Waals surface area contributed by atoms with Crippen LogP contribution in [0.2, 0.25) is 5.02 Å². The molecular weight excluding hydrogens is 301 g/mol. The quantitative estimate of drug-likeness (QED) is 0.819. The molecule has 0 saturated carbocycles. The number of aliphatic carboxylic acids is 1. The normalized spacial score (nSPS) is 18.6. The molecule has 0 radical (unpaired) electrons. The lowest BCUT2D eigenvalue weighted by atomic mass is 10.2. The monoisotopic (exact) mass is 319 g/mol. The maximum atomic E-state index is 11.0. The van der Waals surface area contributed by atoms with Gasteiger partial charge in [0.15, 0.2) is 0 Å². The number of hydrogen-bond donors (Lipinski definition) is 1. The summed E-state index contributed by atoms with van der Waals surface area (Å²) in [5, 5.41) is 9.72. The molecule has 4 nitrogen and oxygen atoms in total. The van der Waals surface area contributed by atoms with Gasteiger partial charge in [0, 0.05) is 11.6 Å². The number of likely N-dealkylation sites (tertiary alicyclic amines) is 1. The highest BCUT2D eigenvalue weighted by atomic mass is 35.5. The Kier molecular flexibility index (Phi) is 7.13. The van der Waals surface area contributed by atoms with Gasteiger partial charge in [-0.25, -0.2) is 0 Å². The van der Waals surface area contributed by atoms with Crippen LogP contribution in [-0.2, 0) is 4.79 Å². The summed E-state index contributed by atoms with van der Waals surface area (Å²) in [6.45, 7) is 2.20. The lowest BCUT2D eigenvalue weighted by Crippen LogP contribution is -2.36. The Morgan fingerprint density at radius 1 is 1.50 bits per heavy atom. The van der Waals surface area contributed by atoms with Crippen LogP contribution in [0.1, 0.15) is 19.3 Å². The molecule has 1 atom stereocenters. The van der Waals surface area contributed by atoms with Crippen molar-refractivity contribution in [1.29, 1.82) is 0 Å². The predicted octanol–water partition coefficient (Wildman–Crippen LogP) is 3.08. The van der Waals surface area contributed by atoms with Crippen molar-refractivity contribution in [3.63, 3.8) is 0 Å². The molecule has 0 bridgehead atoms. The van der Waals surface area contributed by atoms with Gasteiger partial charge in [0.2, 0.25) is 0 Å². The smallest absolute Gasteiger partial charge is 0.320 e. The zero-order valence-corrected chi connectivity index (χ0v) is 12.7. The molecule has 0 amide bonds. The highest BCUT2D eigenvalue weighted by Gasteiger charge is 2.29. The molecule has 0 spiro atoms. The van der Waals surface area contributed by atoms with Crippen LogP contribution in [0.3, 0.4) is 0 Å². The molecule has 0 unspecified atom stereocenters. The molecule has 1 saturated heterocycles. The Balaban J connectivity index is 0.00000200.